The van der Waals surface area contributed by atoms with Crippen LogP contribution in [0, 0.1) is 0 Å². The van der Waals surface area contributed by atoms with Crippen molar-refractivity contribution in [1.29, 1.82) is 0 Å². The number of hydrogen-bond acceptors (Lipinski definition) is 4. The predicted octanol–water partition coefficient (Wildman–Crippen LogP) is 2.83. The Hall–Kier alpha value is -1.15. The van der Waals surface area contributed by atoms with Crippen molar-refractivity contribution in [3.05, 3.63) is 29.3 Å². The van der Waals surface area contributed by atoms with Crippen molar-refractivity contribution in [3.63, 3.8) is 0 Å². The van der Waals surface area contributed by atoms with Crippen LogP contribution < -0.4 is 0 Å². The third kappa shape index (κ3) is 4.70. The lowest BCUT2D eigenvalue weighted by Gasteiger charge is -2.39. The fourth-order valence-corrected chi connectivity index (χ4v) is 5.93. The molecule has 156 valence electrons. The van der Waals surface area contributed by atoms with Gasteiger partial charge in [0.15, 0.2) is 0 Å². The zero-order valence-electron chi connectivity index (χ0n) is 16.7. The van der Waals surface area contributed by atoms with Gasteiger partial charge in [0.25, 0.3) is 0 Å². The smallest absolute Gasteiger partial charge is 0.243 e. The second kappa shape index (κ2) is 9.11. The molecule has 1 aliphatic heterocycles. The van der Waals surface area contributed by atoms with Gasteiger partial charge in [-0.25, -0.2) is 8.42 Å². The van der Waals surface area contributed by atoms with Crippen LogP contribution in [0.3, 0.4) is 0 Å². The minimum atomic E-state index is -3.56. The normalized spacial score (nSPS) is 21.4. The highest BCUT2D eigenvalue weighted by Gasteiger charge is 2.34. The first-order valence-electron chi connectivity index (χ1n) is 10.1. The van der Waals surface area contributed by atoms with Crippen LogP contribution in [-0.2, 0) is 14.8 Å². The molecule has 1 aromatic carbocycles. The fraction of sp³-hybridized carbons (Fsp3) is 0.650. The molecule has 1 amide bonds. The summed E-state index contributed by atoms with van der Waals surface area (Å²) in [6.07, 6.45) is 5.81. The van der Waals surface area contributed by atoms with Crippen molar-refractivity contribution in [2.75, 3.05) is 33.2 Å². The Bertz CT molecular complexity index is 788. The number of hydrogen-bond donors (Lipinski definition) is 0. The largest absolute Gasteiger partial charge is 0.341 e. The van der Waals surface area contributed by atoms with Gasteiger partial charge in [-0.15, -0.1) is 0 Å². The summed E-state index contributed by atoms with van der Waals surface area (Å²) in [5.41, 5.74) is 0. The molecule has 3 rings (SSSR count). The van der Waals surface area contributed by atoms with Crippen molar-refractivity contribution in [2.45, 2.75) is 56.0 Å². The number of amides is 1. The fourth-order valence-electron chi connectivity index (χ4n) is 4.21. The van der Waals surface area contributed by atoms with Gasteiger partial charge in [0.05, 0.1) is 10.9 Å². The molecule has 8 heteroatoms. The van der Waals surface area contributed by atoms with Crippen LogP contribution in [0.25, 0.3) is 0 Å². The van der Waals surface area contributed by atoms with Gasteiger partial charge in [0.1, 0.15) is 0 Å². The van der Waals surface area contributed by atoms with E-state index in [-0.39, 0.29) is 16.8 Å². The van der Waals surface area contributed by atoms with E-state index in [1.54, 1.807) is 18.2 Å². The average Bonchev–Trinajstić information content (AvgIpc) is 2.73. The van der Waals surface area contributed by atoms with Gasteiger partial charge in [-0.05, 0) is 38.0 Å². The van der Waals surface area contributed by atoms with E-state index < -0.39 is 10.0 Å². The maximum Gasteiger partial charge on any atom is 0.243 e. The van der Waals surface area contributed by atoms with Crippen molar-refractivity contribution in [2.24, 2.45) is 0 Å². The Morgan fingerprint density at radius 1 is 1.14 bits per heavy atom. The molecule has 1 aliphatic carbocycles. The van der Waals surface area contributed by atoms with Crippen LogP contribution in [0.1, 0.15) is 39.0 Å². The molecule has 28 heavy (non-hydrogen) atoms. The van der Waals surface area contributed by atoms with Gasteiger partial charge in [0.2, 0.25) is 15.9 Å². The van der Waals surface area contributed by atoms with Gasteiger partial charge in [0, 0.05) is 44.3 Å². The van der Waals surface area contributed by atoms with E-state index in [9.17, 15) is 13.2 Å². The quantitative estimate of drug-likeness (QED) is 0.724. The first kappa shape index (κ1) is 21.6. The van der Waals surface area contributed by atoms with Gasteiger partial charge in [-0.1, -0.05) is 36.9 Å². The van der Waals surface area contributed by atoms with Crippen LogP contribution in [0.4, 0.5) is 0 Å². The zero-order valence-corrected chi connectivity index (χ0v) is 18.3. The van der Waals surface area contributed by atoms with Crippen LogP contribution in [0.2, 0.25) is 5.02 Å². The first-order chi connectivity index (χ1) is 13.3. The van der Waals surface area contributed by atoms with Gasteiger partial charge in [-0.3, -0.25) is 9.69 Å². The third-order valence-electron chi connectivity index (χ3n) is 6.08. The summed E-state index contributed by atoms with van der Waals surface area (Å²) in [5.74, 6) is 0.137. The van der Waals surface area contributed by atoms with Crippen LogP contribution >= 0.6 is 11.6 Å². The highest BCUT2D eigenvalue weighted by Crippen LogP contribution is 2.24. The molecule has 0 radical (unpaired) electrons. The number of nitrogens with zero attached hydrogens (tertiary/aromatic N) is 3. The molecular weight excluding hydrogens is 398 g/mol. The van der Waals surface area contributed by atoms with E-state index in [0.29, 0.717) is 37.2 Å². The van der Waals surface area contributed by atoms with Crippen molar-refractivity contribution in [1.82, 2.24) is 14.1 Å². The Morgan fingerprint density at radius 2 is 1.79 bits per heavy atom. The standard InChI is InChI=1S/C20H30ClN3O3S/c1-16(20(25)22(2)18-8-4-3-5-9-18)23-11-13-24(14-12-23)28(26,27)19-10-6-7-17(21)15-19/h6-7,10,15-16,18H,3-5,8-9,11-14H2,1-2H3. The summed E-state index contributed by atoms with van der Waals surface area (Å²) in [4.78, 5) is 17.1. The predicted molar refractivity (Wildman–Crippen MR) is 111 cm³/mol. The molecule has 1 aromatic rings. The monoisotopic (exact) mass is 427 g/mol. The molecule has 0 spiro atoms. The molecule has 1 saturated carbocycles. The van der Waals surface area contributed by atoms with E-state index >= 15 is 0 Å². The number of halogens is 1. The zero-order chi connectivity index (χ0) is 20.3. The van der Waals surface area contributed by atoms with Crippen molar-refractivity contribution >= 4 is 27.5 Å². The molecule has 0 N–H and O–H groups in total. The van der Waals surface area contributed by atoms with Crippen LogP contribution in [-0.4, -0.2) is 73.7 Å². The molecule has 1 heterocycles. The molecule has 2 fully saturated rings. The summed E-state index contributed by atoms with van der Waals surface area (Å²) in [6, 6.07) is 6.46. The van der Waals surface area contributed by atoms with E-state index in [1.807, 2.05) is 18.9 Å². The Balaban J connectivity index is 1.59. The number of carbonyl (C=O) groups excluding carboxylic acids is 1. The second-order valence-electron chi connectivity index (χ2n) is 7.81. The average molecular weight is 428 g/mol. The van der Waals surface area contributed by atoms with Gasteiger partial charge in [-0.2, -0.15) is 4.31 Å². The molecule has 0 aromatic heterocycles. The molecule has 0 bridgehead atoms. The minimum absolute atomic E-state index is 0.137. The van der Waals surface area contributed by atoms with Gasteiger partial charge < -0.3 is 4.90 Å². The molecule has 1 unspecified atom stereocenters. The number of benzene rings is 1. The van der Waals surface area contributed by atoms with Crippen LogP contribution in [0.5, 0.6) is 0 Å². The summed E-state index contributed by atoms with van der Waals surface area (Å²) >= 11 is 5.95. The summed E-state index contributed by atoms with van der Waals surface area (Å²) < 4.78 is 27.2. The Morgan fingerprint density at radius 3 is 2.39 bits per heavy atom. The second-order valence-corrected chi connectivity index (χ2v) is 10.2. The minimum Gasteiger partial charge on any atom is -0.341 e. The SMILES string of the molecule is CC(C(=O)N(C)C1CCCCC1)N1CCN(S(=O)(=O)c2cccc(Cl)c2)CC1. The molecule has 1 atom stereocenters. The van der Waals surface area contributed by atoms with E-state index in [1.165, 1.54) is 29.6 Å². The number of sulfonamides is 1. The highest BCUT2D eigenvalue weighted by molar-refractivity contribution is 7.89. The molecule has 1 saturated heterocycles. The number of piperazine rings is 1. The lowest BCUT2D eigenvalue weighted by molar-refractivity contribution is -0.138. The highest BCUT2D eigenvalue weighted by atomic mass is 35.5. The van der Waals surface area contributed by atoms with Crippen LogP contribution in [0.15, 0.2) is 29.2 Å². The number of carbonyl (C=O) groups is 1. The summed E-state index contributed by atoms with van der Waals surface area (Å²) in [5, 5.41) is 0.407. The lowest BCUT2D eigenvalue weighted by Crippen LogP contribution is -2.56. The number of rotatable bonds is 5. The molecule has 6 nitrogen and oxygen atoms in total. The summed E-state index contributed by atoms with van der Waals surface area (Å²) in [6.45, 7) is 3.78. The first-order valence-corrected chi connectivity index (χ1v) is 11.9. The molecule has 2 aliphatic rings. The Labute approximate surface area is 173 Å². The maximum absolute atomic E-state index is 12.9. The van der Waals surface area contributed by atoms with E-state index in [0.717, 1.165) is 12.8 Å². The topological polar surface area (TPSA) is 60.9 Å². The van der Waals surface area contributed by atoms with Gasteiger partial charge >= 0.3 is 0 Å². The Kier molecular flexibility index (Phi) is 7.02. The van der Waals surface area contributed by atoms with E-state index in [4.69, 9.17) is 11.6 Å². The molecular formula is C20H30ClN3O3S. The van der Waals surface area contributed by atoms with E-state index in [2.05, 4.69) is 4.90 Å². The lowest BCUT2D eigenvalue weighted by atomic mass is 9.94. The number of likely N-dealkylation sites (N-methyl/N-ethyl adjacent to an activating group) is 1. The summed E-state index contributed by atoms with van der Waals surface area (Å²) in [7, 11) is -1.65. The third-order valence-corrected chi connectivity index (χ3v) is 8.21. The van der Waals surface area contributed by atoms with Crippen molar-refractivity contribution < 1.29 is 13.2 Å². The maximum atomic E-state index is 12.9. The van der Waals surface area contributed by atoms with Crippen molar-refractivity contribution in [3.8, 4) is 0 Å².